The van der Waals surface area contributed by atoms with Gasteiger partial charge in [-0.25, -0.2) is 0 Å². The molecular formula is C18H21N3O6. The van der Waals surface area contributed by atoms with Crippen LogP contribution in [0.25, 0.3) is 0 Å². The Kier molecular flexibility index (Phi) is 6.64. The minimum absolute atomic E-state index is 0.0373. The van der Waals surface area contributed by atoms with Gasteiger partial charge >= 0.3 is 5.97 Å². The summed E-state index contributed by atoms with van der Waals surface area (Å²) in [4.78, 5) is 62.0. The molecule has 1 aromatic carbocycles. The third kappa shape index (κ3) is 4.90. The van der Waals surface area contributed by atoms with Gasteiger partial charge in [0, 0.05) is 26.6 Å². The van der Waals surface area contributed by atoms with Crippen LogP contribution < -0.4 is 5.32 Å². The average molecular weight is 375 g/mol. The SMILES string of the molecule is COC(=O)CCN(CCNC(C)=O)C(=O)CN1C(=O)c2ccccc2C1=O. The highest BCUT2D eigenvalue weighted by atomic mass is 16.5. The number of amides is 4. The molecule has 0 atom stereocenters. The summed E-state index contributed by atoms with van der Waals surface area (Å²) in [5, 5.41) is 2.56. The Morgan fingerprint density at radius 3 is 2.19 bits per heavy atom. The number of fused-ring (bicyclic) bond motifs is 1. The van der Waals surface area contributed by atoms with Crippen molar-refractivity contribution >= 4 is 29.6 Å². The zero-order valence-electron chi connectivity index (χ0n) is 15.2. The first kappa shape index (κ1) is 20.1. The lowest BCUT2D eigenvalue weighted by molar-refractivity contribution is -0.142. The predicted molar refractivity (Wildman–Crippen MR) is 93.7 cm³/mol. The molecule has 144 valence electrons. The second kappa shape index (κ2) is 8.93. The molecular weight excluding hydrogens is 354 g/mol. The number of hydrogen-bond acceptors (Lipinski definition) is 6. The van der Waals surface area contributed by atoms with Gasteiger partial charge in [0.15, 0.2) is 0 Å². The standard InChI is InChI=1S/C18H21N3O6/c1-12(22)19-8-10-20(9-7-16(24)27-2)15(23)11-21-17(25)13-5-3-4-6-14(13)18(21)26/h3-6H,7-11H2,1-2H3,(H,19,22). The van der Waals surface area contributed by atoms with Gasteiger partial charge in [-0.15, -0.1) is 0 Å². The van der Waals surface area contributed by atoms with Crippen molar-refractivity contribution in [2.24, 2.45) is 0 Å². The number of benzene rings is 1. The lowest BCUT2D eigenvalue weighted by Gasteiger charge is -2.24. The van der Waals surface area contributed by atoms with E-state index in [1.165, 1.54) is 31.1 Å². The van der Waals surface area contributed by atoms with Crippen LogP contribution in [-0.4, -0.2) is 72.7 Å². The largest absolute Gasteiger partial charge is 0.469 e. The Bertz CT molecular complexity index is 741. The van der Waals surface area contributed by atoms with Gasteiger partial charge in [-0.1, -0.05) is 12.1 Å². The number of carbonyl (C=O) groups is 5. The van der Waals surface area contributed by atoms with E-state index in [-0.39, 0.29) is 43.1 Å². The summed E-state index contributed by atoms with van der Waals surface area (Å²) in [5.74, 6) is -2.31. The van der Waals surface area contributed by atoms with Crippen molar-refractivity contribution < 1.29 is 28.7 Å². The first-order chi connectivity index (χ1) is 12.8. The molecule has 1 heterocycles. The third-order valence-corrected chi connectivity index (χ3v) is 4.09. The van der Waals surface area contributed by atoms with Crippen molar-refractivity contribution in [2.75, 3.05) is 33.3 Å². The summed E-state index contributed by atoms with van der Waals surface area (Å²) in [5.41, 5.74) is 0.518. The van der Waals surface area contributed by atoms with E-state index in [1.54, 1.807) is 12.1 Å². The van der Waals surface area contributed by atoms with Crippen molar-refractivity contribution in [3.63, 3.8) is 0 Å². The molecule has 0 radical (unpaired) electrons. The van der Waals surface area contributed by atoms with Gasteiger partial charge in [-0.05, 0) is 12.1 Å². The molecule has 1 N–H and O–H groups in total. The molecule has 0 saturated carbocycles. The van der Waals surface area contributed by atoms with Gasteiger partial charge in [0.2, 0.25) is 11.8 Å². The quantitative estimate of drug-likeness (QED) is 0.498. The van der Waals surface area contributed by atoms with Crippen LogP contribution in [0.3, 0.4) is 0 Å². The molecule has 2 rings (SSSR count). The summed E-state index contributed by atoms with van der Waals surface area (Å²) in [6.07, 6.45) is -0.0373. The van der Waals surface area contributed by atoms with Crippen molar-refractivity contribution in [1.82, 2.24) is 15.1 Å². The maximum Gasteiger partial charge on any atom is 0.307 e. The molecule has 27 heavy (non-hydrogen) atoms. The van der Waals surface area contributed by atoms with E-state index in [4.69, 9.17) is 0 Å². The van der Waals surface area contributed by atoms with Gasteiger partial charge < -0.3 is 15.0 Å². The first-order valence-corrected chi connectivity index (χ1v) is 8.39. The van der Waals surface area contributed by atoms with E-state index in [2.05, 4.69) is 10.1 Å². The lowest BCUT2D eigenvalue weighted by atomic mass is 10.1. The van der Waals surface area contributed by atoms with E-state index in [0.29, 0.717) is 0 Å². The molecule has 0 unspecified atom stereocenters. The van der Waals surface area contributed by atoms with Crippen LogP contribution in [0.1, 0.15) is 34.1 Å². The molecule has 4 amide bonds. The van der Waals surface area contributed by atoms with Gasteiger partial charge in [-0.3, -0.25) is 28.9 Å². The summed E-state index contributed by atoms with van der Waals surface area (Å²) >= 11 is 0. The number of rotatable bonds is 8. The molecule has 0 saturated heterocycles. The van der Waals surface area contributed by atoms with Crippen LogP contribution in [-0.2, 0) is 19.1 Å². The van der Waals surface area contributed by atoms with E-state index in [0.717, 1.165) is 4.90 Å². The van der Waals surface area contributed by atoms with Gasteiger partial charge in [0.25, 0.3) is 11.8 Å². The first-order valence-electron chi connectivity index (χ1n) is 8.39. The van der Waals surface area contributed by atoms with Crippen molar-refractivity contribution in [2.45, 2.75) is 13.3 Å². The number of carbonyl (C=O) groups excluding carboxylic acids is 5. The van der Waals surface area contributed by atoms with Crippen LogP contribution in [0.5, 0.6) is 0 Å². The monoisotopic (exact) mass is 375 g/mol. The van der Waals surface area contributed by atoms with Crippen LogP contribution in [0.4, 0.5) is 0 Å². The highest BCUT2D eigenvalue weighted by Gasteiger charge is 2.37. The number of methoxy groups -OCH3 is 1. The highest BCUT2D eigenvalue weighted by Crippen LogP contribution is 2.22. The number of esters is 1. The van der Waals surface area contributed by atoms with Gasteiger partial charge in [0.1, 0.15) is 6.54 Å². The lowest BCUT2D eigenvalue weighted by Crippen LogP contribution is -2.45. The number of imide groups is 1. The van der Waals surface area contributed by atoms with Crippen molar-refractivity contribution in [3.05, 3.63) is 35.4 Å². The molecule has 9 nitrogen and oxygen atoms in total. The Morgan fingerprint density at radius 1 is 1.07 bits per heavy atom. The zero-order chi connectivity index (χ0) is 20.0. The maximum absolute atomic E-state index is 12.6. The fourth-order valence-corrected chi connectivity index (χ4v) is 2.67. The second-order valence-corrected chi connectivity index (χ2v) is 5.93. The topological polar surface area (TPSA) is 113 Å². The molecule has 0 fully saturated rings. The molecule has 0 spiro atoms. The number of nitrogens with zero attached hydrogens (tertiary/aromatic N) is 2. The minimum atomic E-state index is -0.529. The van der Waals surface area contributed by atoms with Crippen LogP contribution >= 0.6 is 0 Å². The molecule has 1 aromatic rings. The number of nitrogens with one attached hydrogen (secondary N) is 1. The fourth-order valence-electron chi connectivity index (χ4n) is 2.67. The van der Waals surface area contributed by atoms with Gasteiger partial charge in [-0.2, -0.15) is 0 Å². The normalized spacial score (nSPS) is 12.6. The average Bonchev–Trinajstić information content (AvgIpc) is 2.89. The van der Waals surface area contributed by atoms with E-state index in [9.17, 15) is 24.0 Å². The zero-order valence-corrected chi connectivity index (χ0v) is 15.2. The maximum atomic E-state index is 12.6. The summed E-state index contributed by atoms with van der Waals surface area (Å²) in [6.45, 7) is 1.28. The molecule has 0 aliphatic carbocycles. The summed E-state index contributed by atoms with van der Waals surface area (Å²) in [7, 11) is 1.24. The van der Waals surface area contributed by atoms with Gasteiger partial charge in [0.05, 0.1) is 24.7 Å². The van der Waals surface area contributed by atoms with Crippen LogP contribution in [0.15, 0.2) is 24.3 Å². The Morgan fingerprint density at radius 2 is 1.67 bits per heavy atom. The number of hydrogen-bond donors (Lipinski definition) is 1. The molecule has 0 aromatic heterocycles. The number of ether oxygens (including phenoxy) is 1. The van der Waals surface area contributed by atoms with E-state index < -0.39 is 30.2 Å². The fraction of sp³-hybridized carbons (Fsp3) is 0.389. The molecule has 0 bridgehead atoms. The second-order valence-electron chi connectivity index (χ2n) is 5.93. The minimum Gasteiger partial charge on any atom is -0.469 e. The molecule has 1 aliphatic rings. The highest BCUT2D eigenvalue weighted by molar-refractivity contribution is 6.22. The van der Waals surface area contributed by atoms with Crippen molar-refractivity contribution in [3.8, 4) is 0 Å². The molecule has 1 aliphatic heterocycles. The van der Waals surface area contributed by atoms with E-state index >= 15 is 0 Å². The van der Waals surface area contributed by atoms with Crippen LogP contribution in [0, 0.1) is 0 Å². The Labute approximate surface area is 156 Å². The third-order valence-electron chi connectivity index (χ3n) is 4.09. The van der Waals surface area contributed by atoms with Crippen LogP contribution in [0.2, 0.25) is 0 Å². The van der Waals surface area contributed by atoms with E-state index in [1.807, 2.05) is 0 Å². The summed E-state index contributed by atoms with van der Waals surface area (Å²) < 4.78 is 4.57. The molecule has 9 heteroatoms. The summed E-state index contributed by atoms with van der Waals surface area (Å²) in [6, 6.07) is 6.36. The Balaban J connectivity index is 2.05. The van der Waals surface area contributed by atoms with Crippen molar-refractivity contribution in [1.29, 1.82) is 0 Å². The predicted octanol–water partition coefficient (Wildman–Crippen LogP) is -0.190. The Hall–Kier alpha value is -3.23. The smallest absolute Gasteiger partial charge is 0.307 e.